The quantitative estimate of drug-likeness (QED) is 0.806. The van der Waals surface area contributed by atoms with Crippen molar-refractivity contribution in [3.8, 4) is 5.75 Å². The van der Waals surface area contributed by atoms with Crippen LogP contribution in [0.5, 0.6) is 5.75 Å². The Bertz CT molecular complexity index is 412. The van der Waals surface area contributed by atoms with Crippen molar-refractivity contribution in [2.75, 3.05) is 6.61 Å². The van der Waals surface area contributed by atoms with Crippen LogP contribution >= 0.6 is 0 Å². The van der Waals surface area contributed by atoms with Crippen LogP contribution in [0, 0.1) is 0 Å². The zero-order chi connectivity index (χ0) is 15.6. The Morgan fingerprint density at radius 3 is 1.65 bits per heavy atom. The number of aliphatic hydroxyl groups is 1. The smallest absolute Gasteiger partial charge is 0.123 e. The Labute approximate surface area is 123 Å². The lowest BCUT2D eigenvalue weighted by Crippen LogP contribution is -2.18. The summed E-state index contributed by atoms with van der Waals surface area (Å²) in [6, 6.07) is 4.25. The first-order chi connectivity index (χ1) is 9.07. The van der Waals surface area contributed by atoms with Crippen molar-refractivity contribution in [1.29, 1.82) is 0 Å². The molecule has 0 spiro atoms. The van der Waals surface area contributed by atoms with Gasteiger partial charge in [-0.2, -0.15) is 0 Å². The van der Waals surface area contributed by atoms with Crippen LogP contribution in [-0.4, -0.2) is 16.8 Å². The highest BCUT2D eigenvalue weighted by atomic mass is 16.3. The summed E-state index contributed by atoms with van der Waals surface area (Å²) < 4.78 is 0. The SMILES string of the molecule is CC(C)(C)c1cc(CCCCO)cc(C(C)(C)C)c1O. The average Bonchev–Trinajstić information content (AvgIpc) is 2.28. The number of hydrogen-bond acceptors (Lipinski definition) is 2. The van der Waals surface area contributed by atoms with Crippen molar-refractivity contribution in [3.05, 3.63) is 28.8 Å². The molecule has 0 unspecified atom stereocenters. The van der Waals surface area contributed by atoms with E-state index in [1.807, 2.05) is 0 Å². The highest BCUT2D eigenvalue weighted by molar-refractivity contribution is 5.49. The third kappa shape index (κ3) is 4.24. The Morgan fingerprint density at radius 1 is 0.850 bits per heavy atom. The molecule has 0 aliphatic heterocycles. The molecule has 0 bridgehead atoms. The molecule has 0 aliphatic rings. The largest absolute Gasteiger partial charge is 0.507 e. The maximum atomic E-state index is 10.6. The monoisotopic (exact) mass is 278 g/mol. The Balaban J connectivity index is 3.28. The van der Waals surface area contributed by atoms with Gasteiger partial charge < -0.3 is 10.2 Å². The number of benzene rings is 1. The van der Waals surface area contributed by atoms with Crippen LogP contribution in [0.3, 0.4) is 0 Å². The topological polar surface area (TPSA) is 40.5 Å². The predicted molar refractivity (Wildman–Crippen MR) is 85.5 cm³/mol. The summed E-state index contributed by atoms with van der Waals surface area (Å²) in [4.78, 5) is 0. The summed E-state index contributed by atoms with van der Waals surface area (Å²) in [5.41, 5.74) is 3.15. The zero-order valence-electron chi connectivity index (χ0n) is 13.9. The molecule has 0 radical (unpaired) electrons. The van der Waals surface area contributed by atoms with E-state index in [2.05, 4.69) is 53.7 Å². The van der Waals surface area contributed by atoms with Crippen LogP contribution in [0.15, 0.2) is 12.1 Å². The van der Waals surface area contributed by atoms with Gasteiger partial charge in [-0.05, 0) is 46.8 Å². The summed E-state index contributed by atoms with van der Waals surface area (Å²) in [6.45, 7) is 13.0. The maximum Gasteiger partial charge on any atom is 0.123 e. The van der Waals surface area contributed by atoms with Crippen molar-refractivity contribution in [2.24, 2.45) is 0 Å². The highest BCUT2D eigenvalue weighted by Crippen LogP contribution is 2.39. The number of rotatable bonds is 4. The minimum atomic E-state index is -0.0723. The summed E-state index contributed by atoms with van der Waals surface area (Å²) in [5, 5.41) is 19.5. The van der Waals surface area contributed by atoms with Gasteiger partial charge in [0, 0.05) is 6.61 Å². The second-order valence-electron chi connectivity index (χ2n) is 7.72. The summed E-state index contributed by atoms with van der Waals surface area (Å²) in [5.74, 6) is 0.441. The van der Waals surface area contributed by atoms with Crippen LogP contribution in [0.1, 0.15) is 71.1 Å². The number of phenolic OH excluding ortho intramolecular Hbond substituents is 1. The van der Waals surface area contributed by atoms with Gasteiger partial charge in [0.1, 0.15) is 5.75 Å². The molecule has 2 N–H and O–H groups in total. The summed E-state index contributed by atoms with van der Waals surface area (Å²) >= 11 is 0. The first-order valence-corrected chi connectivity index (χ1v) is 7.55. The molecule has 114 valence electrons. The van der Waals surface area contributed by atoms with Crippen LogP contribution in [-0.2, 0) is 17.3 Å². The van der Waals surface area contributed by atoms with Gasteiger partial charge in [-0.15, -0.1) is 0 Å². The number of aromatic hydroxyl groups is 1. The molecule has 0 aliphatic carbocycles. The fraction of sp³-hybridized carbons (Fsp3) is 0.667. The Hall–Kier alpha value is -1.02. The minimum Gasteiger partial charge on any atom is -0.507 e. The van der Waals surface area contributed by atoms with Gasteiger partial charge >= 0.3 is 0 Å². The van der Waals surface area contributed by atoms with Crippen LogP contribution in [0.25, 0.3) is 0 Å². The predicted octanol–water partition coefficient (Wildman–Crippen LogP) is 4.30. The molecule has 0 heterocycles. The van der Waals surface area contributed by atoms with E-state index in [1.54, 1.807) is 0 Å². The van der Waals surface area contributed by atoms with Crippen molar-refractivity contribution < 1.29 is 10.2 Å². The third-order valence-electron chi connectivity index (χ3n) is 3.66. The van der Waals surface area contributed by atoms with E-state index in [1.165, 1.54) is 5.56 Å². The van der Waals surface area contributed by atoms with Gasteiger partial charge in [-0.25, -0.2) is 0 Å². The highest BCUT2D eigenvalue weighted by Gasteiger charge is 2.26. The van der Waals surface area contributed by atoms with E-state index in [0.717, 1.165) is 30.4 Å². The number of aliphatic hydroxyl groups excluding tert-OH is 1. The summed E-state index contributed by atoms with van der Waals surface area (Å²) in [6.07, 6.45) is 2.76. The molecule has 20 heavy (non-hydrogen) atoms. The lowest BCUT2D eigenvalue weighted by molar-refractivity contribution is 0.284. The minimum absolute atomic E-state index is 0.0723. The first kappa shape index (κ1) is 17.0. The third-order valence-corrected chi connectivity index (χ3v) is 3.66. The second kappa shape index (κ2) is 6.17. The molecule has 0 atom stereocenters. The van der Waals surface area contributed by atoms with E-state index in [-0.39, 0.29) is 17.4 Å². The van der Waals surface area contributed by atoms with Gasteiger partial charge in [-0.3, -0.25) is 0 Å². The normalized spacial score (nSPS) is 12.8. The Kier molecular flexibility index (Phi) is 5.26. The van der Waals surface area contributed by atoms with E-state index in [0.29, 0.717) is 5.75 Å². The zero-order valence-corrected chi connectivity index (χ0v) is 13.9. The maximum absolute atomic E-state index is 10.6. The molecule has 0 fully saturated rings. The van der Waals surface area contributed by atoms with E-state index in [4.69, 9.17) is 5.11 Å². The lowest BCUT2D eigenvalue weighted by Gasteiger charge is -2.28. The number of unbranched alkanes of at least 4 members (excludes halogenated alkanes) is 1. The molecule has 2 heteroatoms. The van der Waals surface area contributed by atoms with E-state index in [9.17, 15) is 5.11 Å². The van der Waals surface area contributed by atoms with E-state index >= 15 is 0 Å². The van der Waals surface area contributed by atoms with Gasteiger partial charge in [0.15, 0.2) is 0 Å². The van der Waals surface area contributed by atoms with Crippen molar-refractivity contribution >= 4 is 0 Å². The van der Waals surface area contributed by atoms with Crippen molar-refractivity contribution in [2.45, 2.75) is 71.6 Å². The Morgan fingerprint density at radius 2 is 1.30 bits per heavy atom. The molecule has 0 amide bonds. The molecular formula is C18H30O2. The molecule has 0 saturated heterocycles. The van der Waals surface area contributed by atoms with Crippen LogP contribution in [0.4, 0.5) is 0 Å². The molecular weight excluding hydrogens is 248 g/mol. The van der Waals surface area contributed by atoms with Crippen molar-refractivity contribution in [1.82, 2.24) is 0 Å². The second-order valence-corrected chi connectivity index (χ2v) is 7.72. The van der Waals surface area contributed by atoms with Gasteiger partial charge in [-0.1, -0.05) is 53.7 Å². The average molecular weight is 278 g/mol. The van der Waals surface area contributed by atoms with Gasteiger partial charge in [0.2, 0.25) is 0 Å². The molecule has 2 nitrogen and oxygen atoms in total. The molecule has 0 aromatic heterocycles. The van der Waals surface area contributed by atoms with Crippen LogP contribution < -0.4 is 0 Å². The van der Waals surface area contributed by atoms with Gasteiger partial charge in [0.05, 0.1) is 0 Å². The van der Waals surface area contributed by atoms with E-state index < -0.39 is 0 Å². The molecule has 1 aromatic rings. The number of hydrogen-bond donors (Lipinski definition) is 2. The molecule has 1 rings (SSSR count). The summed E-state index contributed by atoms with van der Waals surface area (Å²) in [7, 11) is 0. The van der Waals surface area contributed by atoms with Crippen molar-refractivity contribution in [3.63, 3.8) is 0 Å². The fourth-order valence-corrected chi connectivity index (χ4v) is 2.42. The first-order valence-electron chi connectivity index (χ1n) is 7.55. The standard InChI is InChI=1S/C18H30O2/c1-17(2,3)14-11-13(9-7-8-10-19)12-15(16(14)20)18(4,5)6/h11-12,19-20H,7-10H2,1-6H3. The lowest BCUT2D eigenvalue weighted by atomic mass is 9.78. The molecule has 1 aromatic carbocycles. The fourth-order valence-electron chi connectivity index (χ4n) is 2.42. The van der Waals surface area contributed by atoms with Gasteiger partial charge in [0.25, 0.3) is 0 Å². The molecule has 0 saturated carbocycles. The number of aryl methyl sites for hydroxylation is 1. The number of phenols is 1. The van der Waals surface area contributed by atoms with Crippen LogP contribution in [0.2, 0.25) is 0 Å².